The lowest BCUT2D eigenvalue weighted by Crippen LogP contribution is -2.45. The SMILES string of the molecule is CC(=O)C[C@@]1(C)NC(=O)NC1=O. The molecular formula is C7H10N2O3. The van der Waals surface area contributed by atoms with E-state index in [0.29, 0.717) is 0 Å². The lowest BCUT2D eigenvalue weighted by Gasteiger charge is -2.17. The van der Waals surface area contributed by atoms with Crippen LogP contribution in [0.25, 0.3) is 0 Å². The lowest BCUT2D eigenvalue weighted by atomic mass is 9.96. The maximum Gasteiger partial charge on any atom is 0.322 e. The number of nitrogens with one attached hydrogen (secondary N) is 2. The summed E-state index contributed by atoms with van der Waals surface area (Å²) in [5.41, 5.74) is -1.05. The highest BCUT2D eigenvalue weighted by Crippen LogP contribution is 2.14. The van der Waals surface area contributed by atoms with Crippen molar-refractivity contribution < 1.29 is 14.4 Å². The van der Waals surface area contributed by atoms with Crippen molar-refractivity contribution in [2.24, 2.45) is 0 Å². The average Bonchev–Trinajstić information content (AvgIpc) is 2.04. The van der Waals surface area contributed by atoms with Gasteiger partial charge in [-0.1, -0.05) is 0 Å². The highest BCUT2D eigenvalue weighted by atomic mass is 16.2. The number of imide groups is 1. The number of ketones is 1. The number of Topliss-reactive ketones (excluding diaryl/α,β-unsaturated/α-hetero) is 1. The number of carbonyl (C=O) groups is 3. The van der Waals surface area contributed by atoms with Gasteiger partial charge in [0, 0.05) is 6.42 Å². The first kappa shape index (κ1) is 8.70. The molecule has 0 aromatic carbocycles. The quantitative estimate of drug-likeness (QED) is 0.552. The number of carbonyl (C=O) groups excluding carboxylic acids is 3. The molecule has 0 saturated carbocycles. The number of rotatable bonds is 2. The molecule has 1 aliphatic rings. The van der Waals surface area contributed by atoms with Crippen molar-refractivity contribution >= 4 is 17.7 Å². The van der Waals surface area contributed by atoms with Crippen molar-refractivity contribution in [1.82, 2.24) is 10.6 Å². The monoisotopic (exact) mass is 170 g/mol. The molecule has 12 heavy (non-hydrogen) atoms. The standard InChI is InChI=1S/C7H10N2O3/c1-4(10)3-7(2)5(11)8-6(12)9-7/h3H2,1-2H3,(H2,8,9,11,12)/t7-/m1/s1. The van der Waals surface area contributed by atoms with Gasteiger partial charge in [0.25, 0.3) is 5.91 Å². The second kappa shape index (κ2) is 2.58. The molecule has 1 saturated heterocycles. The largest absolute Gasteiger partial charge is 0.323 e. The molecule has 0 radical (unpaired) electrons. The minimum absolute atomic E-state index is 0.0323. The molecule has 1 heterocycles. The van der Waals surface area contributed by atoms with E-state index in [2.05, 4.69) is 10.6 Å². The Morgan fingerprint density at radius 2 is 2.08 bits per heavy atom. The first-order valence-corrected chi connectivity index (χ1v) is 3.57. The highest BCUT2D eigenvalue weighted by molar-refractivity contribution is 6.08. The Hall–Kier alpha value is -1.39. The molecule has 1 rings (SSSR count). The Bertz CT molecular complexity index is 261. The van der Waals surface area contributed by atoms with Gasteiger partial charge in [0.2, 0.25) is 0 Å². The van der Waals surface area contributed by atoms with Crippen molar-refractivity contribution in [3.8, 4) is 0 Å². The Kier molecular flexibility index (Phi) is 1.87. The van der Waals surface area contributed by atoms with Gasteiger partial charge in [-0.05, 0) is 13.8 Å². The van der Waals surface area contributed by atoms with Gasteiger partial charge in [-0.3, -0.25) is 14.9 Å². The fourth-order valence-corrected chi connectivity index (χ4v) is 1.20. The van der Waals surface area contributed by atoms with Crippen LogP contribution in [-0.2, 0) is 9.59 Å². The predicted octanol–water partition coefficient (Wildman–Crippen LogP) is -0.436. The van der Waals surface area contributed by atoms with Gasteiger partial charge in [0.1, 0.15) is 11.3 Å². The second-order valence-corrected chi connectivity index (χ2v) is 3.12. The van der Waals surface area contributed by atoms with Crippen LogP contribution in [0.2, 0.25) is 0 Å². The van der Waals surface area contributed by atoms with E-state index in [1.807, 2.05) is 0 Å². The summed E-state index contributed by atoms with van der Waals surface area (Å²) < 4.78 is 0. The van der Waals surface area contributed by atoms with Gasteiger partial charge in [-0.15, -0.1) is 0 Å². The molecule has 66 valence electrons. The van der Waals surface area contributed by atoms with Crippen LogP contribution in [0.5, 0.6) is 0 Å². The molecule has 0 unspecified atom stereocenters. The smallest absolute Gasteiger partial charge is 0.322 e. The van der Waals surface area contributed by atoms with Gasteiger partial charge < -0.3 is 5.32 Å². The van der Waals surface area contributed by atoms with E-state index in [-0.39, 0.29) is 12.2 Å². The third kappa shape index (κ3) is 1.44. The zero-order valence-electron chi connectivity index (χ0n) is 6.93. The van der Waals surface area contributed by atoms with Crippen molar-refractivity contribution in [3.05, 3.63) is 0 Å². The van der Waals surface area contributed by atoms with Crippen LogP contribution < -0.4 is 10.6 Å². The molecule has 0 aromatic heterocycles. The van der Waals surface area contributed by atoms with Crippen molar-refractivity contribution in [3.63, 3.8) is 0 Å². The van der Waals surface area contributed by atoms with Crippen LogP contribution in [0.1, 0.15) is 20.3 Å². The number of hydrogen-bond acceptors (Lipinski definition) is 3. The molecule has 0 spiro atoms. The maximum atomic E-state index is 11.1. The summed E-state index contributed by atoms with van der Waals surface area (Å²) in [6.07, 6.45) is 0.0323. The zero-order valence-corrected chi connectivity index (χ0v) is 6.93. The second-order valence-electron chi connectivity index (χ2n) is 3.12. The molecule has 0 aromatic rings. The van der Waals surface area contributed by atoms with Crippen LogP contribution in [0.3, 0.4) is 0 Å². The van der Waals surface area contributed by atoms with Crippen LogP contribution >= 0.6 is 0 Å². The van der Waals surface area contributed by atoms with E-state index in [1.165, 1.54) is 13.8 Å². The first-order valence-electron chi connectivity index (χ1n) is 3.57. The van der Waals surface area contributed by atoms with E-state index in [0.717, 1.165) is 0 Å². The van der Waals surface area contributed by atoms with Crippen molar-refractivity contribution in [1.29, 1.82) is 0 Å². The van der Waals surface area contributed by atoms with Crippen LogP contribution in [0, 0.1) is 0 Å². The molecule has 1 aliphatic heterocycles. The number of urea groups is 1. The summed E-state index contributed by atoms with van der Waals surface area (Å²) in [4.78, 5) is 32.5. The minimum Gasteiger partial charge on any atom is -0.323 e. The van der Waals surface area contributed by atoms with Gasteiger partial charge in [-0.2, -0.15) is 0 Å². The Labute approximate surface area is 69.5 Å². The highest BCUT2D eigenvalue weighted by Gasteiger charge is 2.42. The topological polar surface area (TPSA) is 75.3 Å². The molecule has 1 atom stereocenters. The minimum atomic E-state index is -1.05. The molecule has 0 bridgehead atoms. The fourth-order valence-electron chi connectivity index (χ4n) is 1.20. The Morgan fingerprint density at radius 3 is 2.42 bits per heavy atom. The number of amides is 3. The third-order valence-corrected chi connectivity index (χ3v) is 1.72. The summed E-state index contributed by atoms with van der Waals surface area (Å²) in [6.45, 7) is 2.90. The zero-order chi connectivity index (χ0) is 9.35. The number of hydrogen-bond donors (Lipinski definition) is 2. The average molecular weight is 170 g/mol. The molecule has 5 heteroatoms. The van der Waals surface area contributed by atoms with E-state index in [1.54, 1.807) is 0 Å². The summed E-state index contributed by atoms with van der Waals surface area (Å²) in [6, 6.07) is -0.538. The Morgan fingerprint density at radius 1 is 1.50 bits per heavy atom. The van der Waals surface area contributed by atoms with Gasteiger partial charge in [0.15, 0.2) is 0 Å². The molecule has 3 amide bonds. The van der Waals surface area contributed by atoms with E-state index >= 15 is 0 Å². The van der Waals surface area contributed by atoms with Gasteiger partial charge in [-0.25, -0.2) is 4.79 Å². The molecule has 2 N–H and O–H groups in total. The predicted molar refractivity (Wildman–Crippen MR) is 40.4 cm³/mol. The van der Waals surface area contributed by atoms with Crippen LogP contribution in [0.15, 0.2) is 0 Å². The van der Waals surface area contributed by atoms with E-state index in [9.17, 15) is 14.4 Å². The first-order chi connectivity index (χ1) is 5.44. The molecule has 5 nitrogen and oxygen atoms in total. The summed E-state index contributed by atoms with van der Waals surface area (Å²) in [5, 5.41) is 4.46. The maximum absolute atomic E-state index is 11.1. The summed E-state index contributed by atoms with van der Waals surface area (Å²) in [5.74, 6) is -0.572. The van der Waals surface area contributed by atoms with E-state index < -0.39 is 17.5 Å². The molecule has 1 fully saturated rings. The Balaban J connectivity index is 2.77. The fraction of sp³-hybridized carbons (Fsp3) is 0.571. The van der Waals surface area contributed by atoms with Gasteiger partial charge >= 0.3 is 6.03 Å². The molecular weight excluding hydrogens is 160 g/mol. The van der Waals surface area contributed by atoms with Gasteiger partial charge in [0.05, 0.1) is 0 Å². The summed E-state index contributed by atoms with van der Waals surface area (Å²) in [7, 11) is 0. The van der Waals surface area contributed by atoms with Crippen molar-refractivity contribution in [2.45, 2.75) is 25.8 Å². The van der Waals surface area contributed by atoms with Crippen molar-refractivity contribution in [2.75, 3.05) is 0 Å². The van der Waals surface area contributed by atoms with Crippen LogP contribution in [-0.4, -0.2) is 23.3 Å². The third-order valence-electron chi connectivity index (χ3n) is 1.72. The summed E-state index contributed by atoms with van der Waals surface area (Å²) >= 11 is 0. The molecule has 0 aliphatic carbocycles. The normalized spacial score (nSPS) is 28.2. The lowest BCUT2D eigenvalue weighted by molar-refractivity contribution is -0.127. The van der Waals surface area contributed by atoms with Crippen LogP contribution in [0.4, 0.5) is 4.79 Å². The van der Waals surface area contributed by atoms with E-state index in [4.69, 9.17) is 0 Å².